The molecular formula is C14H15BrN2O2. The van der Waals surface area contributed by atoms with Gasteiger partial charge in [-0.15, -0.1) is 0 Å². The maximum atomic E-state index is 5.33. The molecule has 0 aliphatic rings. The molecule has 0 saturated carbocycles. The van der Waals surface area contributed by atoms with E-state index in [4.69, 9.17) is 9.47 Å². The average Bonchev–Trinajstić information content (AvgIpc) is 2.45. The maximum Gasteiger partial charge on any atom is 0.145 e. The third kappa shape index (κ3) is 3.61. The molecule has 0 aliphatic heterocycles. The quantitative estimate of drug-likeness (QED) is 0.856. The van der Waals surface area contributed by atoms with Crippen molar-refractivity contribution in [3.63, 3.8) is 0 Å². The number of pyridine rings is 1. The summed E-state index contributed by atoms with van der Waals surface area (Å²) < 4.78 is 11.3. The van der Waals surface area contributed by atoms with Gasteiger partial charge in [0.25, 0.3) is 0 Å². The van der Waals surface area contributed by atoms with Crippen molar-refractivity contribution in [1.82, 2.24) is 4.98 Å². The molecule has 0 amide bonds. The molecular weight excluding hydrogens is 308 g/mol. The van der Waals surface area contributed by atoms with Crippen LogP contribution < -0.4 is 14.8 Å². The van der Waals surface area contributed by atoms with E-state index in [9.17, 15) is 0 Å². The van der Waals surface area contributed by atoms with E-state index in [0.29, 0.717) is 6.54 Å². The number of nitrogens with one attached hydrogen (secondary N) is 1. The van der Waals surface area contributed by atoms with E-state index >= 15 is 0 Å². The highest BCUT2D eigenvalue weighted by Crippen LogP contribution is 2.29. The van der Waals surface area contributed by atoms with Crippen LogP contribution in [0.3, 0.4) is 0 Å². The smallest absolute Gasteiger partial charge is 0.145 e. The van der Waals surface area contributed by atoms with Gasteiger partial charge >= 0.3 is 0 Å². The summed E-state index contributed by atoms with van der Waals surface area (Å²) in [4.78, 5) is 4.37. The van der Waals surface area contributed by atoms with Crippen LogP contribution in [0.5, 0.6) is 11.5 Å². The number of nitrogens with zero attached hydrogens (tertiary/aromatic N) is 1. The lowest BCUT2D eigenvalue weighted by Crippen LogP contribution is -2.03. The van der Waals surface area contributed by atoms with Gasteiger partial charge in [0, 0.05) is 6.07 Å². The first-order chi connectivity index (χ1) is 9.22. The summed E-state index contributed by atoms with van der Waals surface area (Å²) >= 11 is 3.36. The van der Waals surface area contributed by atoms with Crippen molar-refractivity contribution < 1.29 is 9.47 Å². The fourth-order valence-electron chi connectivity index (χ4n) is 1.68. The lowest BCUT2D eigenvalue weighted by Gasteiger charge is -2.12. The summed E-state index contributed by atoms with van der Waals surface area (Å²) in [7, 11) is 3.27. The summed E-state index contributed by atoms with van der Waals surface area (Å²) in [5, 5.41) is 3.30. The number of methoxy groups -OCH3 is 2. The highest BCUT2D eigenvalue weighted by molar-refractivity contribution is 9.10. The maximum absolute atomic E-state index is 5.33. The predicted octanol–water partition coefficient (Wildman–Crippen LogP) is 3.47. The van der Waals surface area contributed by atoms with Crippen LogP contribution in [0.1, 0.15) is 5.69 Å². The molecule has 5 heteroatoms. The average molecular weight is 323 g/mol. The zero-order chi connectivity index (χ0) is 13.7. The Bertz CT molecular complexity index is 561. The Balaban J connectivity index is 2.11. The Labute approximate surface area is 120 Å². The SMILES string of the molecule is COc1ccc(NCc2cccc(Br)n2)c(OC)c1. The topological polar surface area (TPSA) is 43.4 Å². The van der Waals surface area contributed by atoms with E-state index in [0.717, 1.165) is 27.5 Å². The van der Waals surface area contributed by atoms with Crippen LogP contribution in [0.15, 0.2) is 41.0 Å². The highest BCUT2D eigenvalue weighted by atomic mass is 79.9. The Hall–Kier alpha value is -1.75. The summed E-state index contributed by atoms with van der Waals surface area (Å²) in [6.45, 7) is 0.627. The van der Waals surface area contributed by atoms with E-state index in [1.54, 1.807) is 14.2 Å². The minimum Gasteiger partial charge on any atom is -0.497 e. The third-order valence-electron chi connectivity index (χ3n) is 2.64. The molecule has 0 radical (unpaired) electrons. The number of hydrogen-bond donors (Lipinski definition) is 1. The number of aromatic nitrogens is 1. The second-order valence-corrected chi connectivity index (χ2v) is 4.68. The second-order valence-electron chi connectivity index (χ2n) is 3.87. The minimum absolute atomic E-state index is 0.627. The first-order valence-electron chi connectivity index (χ1n) is 5.80. The van der Waals surface area contributed by atoms with Gasteiger partial charge in [-0.1, -0.05) is 6.07 Å². The molecule has 1 aromatic heterocycles. The van der Waals surface area contributed by atoms with Crippen molar-refractivity contribution in [2.75, 3.05) is 19.5 Å². The van der Waals surface area contributed by atoms with Gasteiger partial charge in [0.2, 0.25) is 0 Å². The first kappa shape index (κ1) is 13.7. The largest absolute Gasteiger partial charge is 0.497 e. The third-order valence-corrected chi connectivity index (χ3v) is 3.08. The molecule has 0 atom stereocenters. The van der Waals surface area contributed by atoms with E-state index in [1.165, 1.54) is 0 Å². The van der Waals surface area contributed by atoms with Crippen molar-refractivity contribution in [3.8, 4) is 11.5 Å². The molecule has 2 rings (SSSR count). The van der Waals surface area contributed by atoms with Gasteiger partial charge < -0.3 is 14.8 Å². The second kappa shape index (κ2) is 6.43. The van der Waals surface area contributed by atoms with Gasteiger partial charge in [0.1, 0.15) is 16.1 Å². The van der Waals surface area contributed by atoms with Gasteiger partial charge in [0.15, 0.2) is 0 Å². The van der Waals surface area contributed by atoms with Crippen LogP contribution >= 0.6 is 15.9 Å². The lowest BCUT2D eigenvalue weighted by molar-refractivity contribution is 0.395. The molecule has 0 spiro atoms. The van der Waals surface area contributed by atoms with Crippen LogP contribution in [0, 0.1) is 0 Å². The predicted molar refractivity (Wildman–Crippen MR) is 78.8 cm³/mol. The van der Waals surface area contributed by atoms with Crippen LogP contribution in [0.25, 0.3) is 0 Å². The molecule has 0 aliphatic carbocycles. The number of anilines is 1. The molecule has 0 unspecified atom stereocenters. The van der Waals surface area contributed by atoms with E-state index in [1.807, 2.05) is 36.4 Å². The van der Waals surface area contributed by atoms with Gasteiger partial charge in [-0.25, -0.2) is 4.98 Å². The monoisotopic (exact) mass is 322 g/mol. The molecule has 100 valence electrons. The molecule has 1 aromatic carbocycles. The Morgan fingerprint density at radius 1 is 1.16 bits per heavy atom. The van der Waals surface area contributed by atoms with E-state index in [-0.39, 0.29) is 0 Å². The van der Waals surface area contributed by atoms with Gasteiger partial charge in [-0.3, -0.25) is 0 Å². The number of ether oxygens (including phenoxy) is 2. The lowest BCUT2D eigenvalue weighted by atomic mass is 10.2. The van der Waals surface area contributed by atoms with Crippen molar-refractivity contribution in [2.45, 2.75) is 6.54 Å². The Kier molecular flexibility index (Phi) is 4.63. The standard InChI is InChI=1S/C14H15BrN2O2/c1-18-11-6-7-12(13(8-11)19-2)16-9-10-4-3-5-14(15)17-10/h3-8,16H,9H2,1-2H3. The molecule has 4 nitrogen and oxygen atoms in total. The van der Waals surface area contributed by atoms with Gasteiger partial charge in [-0.2, -0.15) is 0 Å². The van der Waals surface area contributed by atoms with Crippen LogP contribution in [-0.2, 0) is 6.54 Å². The summed E-state index contributed by atoms with van der Waals surface area (Å²) in [6, 6.07) is 11.5. The Morgan fingerprint density at radius 2 is 2.00 bits per heavy atom. The molecule has 0 fully saturated rings. The zero-order valence-corrected chi connectivity index (χ0v) is 12.4. The van der Waals surface area contributed by atoms with Gasteiger partial charge in [-0.05, 0) is 40.2 Å². The normalized spacial score (nSPS) is 10.1. The molecule has 1 heterocycles. The van der Waals surface area contributed by atoms with Gasteiger partial charge in [0.05, 0.1) is 32.1 Å². The van der Waals surface area contributed by atoms with Crippen molar-refractivity contribution in [3.05, 3.63) is 46.7 Å². The summed E-state index contributed by atoms with van der Waals surface area (Å²) in [6.07, 6.45) is 0. The Morgan fingerprint density at radius 3 is 2.68 bits per heavy atom. The number of benzene rings is 1. The number of hydrogen-bond acceptors (Lipinski definition) is 4. The fourth-order valence-corrected chi connectivity index (χ4v) is 2.06. The van der Waals surface area contributed by atoms with Crippen molar-refractivity contribution in [2.24, 2.45) is 0 Å². The van der Waals surface area contributed by atoms with Crippen LogP contribution in [-0.4, -0.2) is 19.2 Å². The molecule has 2 aromatic rings. The van der Waals surface area contributed by atoms with Crippen molar-refractivity contribution in [1.29, 1.82) is 0 Å². The molecule has 19 heavy (non-hydrogen) atoms. The van der Waals surface area contributed by atoms with Crippen molar-refractivity contribution >= 4 is 21.6 Å². The van der Waals surface area contributed by atoms with Crippen LogP contribution in [0.2, 0.25) is 0 Å². The zero-order valence-electron chi connectivity index (χ0n) is 10.8. The molecule has 0 saturated heterocycles. The summed E-state index contributed by atoms with van der Waals surface area (Å²) in [5.41, 5.74) is 1.86. The molecule has 1 N–H and O–H groups in total. The van der Waals surface area contributed by atoms with E-state index in [2.05, 4.69) is 26.2 Å². The fraction of sp³-hybridized carbons (Fsp3) is 0.214. The van der Waals surface area contributed by atoms with Crippen LogP contribution in [0.4, 0.5) is 5.69 Å². The highest BCUT2D eigenvalue weighted by Gasteiger charge is 2.05. The number of rotatable bonds is 5. The molecule has 0 bridgehead atoms. The van der Waals surface area contributed by atoms with E-state index < -0.39 is 0 Å². The number of halogens is 1. The summed E-state index contributed by atoms with van der Waals surface area (Å²) in [5.74, 6) is 1.51. The minimum atomic E-state index is 0.627. The first-order valence-corrected chi connectivity index (χ1v) is 6.59.